The first kappa shape index (κ1) is 32.3. The second-order valence-electron chi connectivity index (χ2n) is 17.0. The molecule has 2 unspecified atom stereocenters. The van der Waals surface area contributed by atoms with Crippen molar-refractivity contribution in [2.24, 2.45) is 22.7 Å². The SMILES string of the molecule is CC(C)(C)[Si](C)(C)OC1CC2=CC=C3[C@@H]4CC[C@](O)(C(=O)CO)[C@@]4(C)CC[C@@H]3[C@@]2(C)C(O[Si](C)(C)C(C)(C)C)C1. The van der Waals surface area contributed by atoms with Crippen LogP contribution < -0.4 is 0 Å². The minimum atomic E-state index is -2.08. The van der Waals surface area contributed by atoms with Crippen molar-refractivity contribution in [3.05, 3.63) is 23.3 Å². The number of hydrogen-bond acceptors (Lipinski definition) is 5. The van der Waals surface area contributed by atoms with Gasteiger partial charge in [0.2, 0.25) is 0 Å². The van der Waals surface area contributed by atoms with Gasteiger partial charge in [-0.3, -0.25) is 4.79 Å². The highest BCUT2D eigenvalue weighted by Crippen LogP contribution is 2.67. The summed E-state index contributed by atoms with van der Waals surface area (Å²) in [6, 6.07) is 0. The molecule has 0 aromatic carbocycles. The average Bonchev–Trinajstić information content (AvgIpc) is 3.09. The van der Waals surface area contributed by atoms with E-state index in [1.54, 1.807) is 0 Å². The Morgan fingerprint density at radius 3 is 2.02 bits per heavy atom. The van der Waals surface area contributed by atoms with Gasteiger partial charge in [-0.1, -0.05) is 78.7 Å². The quantitative estimate of drug-likeness (QED) is 0.312. The Balaban J connectivity index is 1.76. The number of aliphatic hydroxyl groups excluding tert-OH is 1. The molecule has 4 aliphatic carbocycles. The summed E-state index contributed by atoms with van der Waals surface area (Å²) in [6.07, 6.45) is 9.64. The second-order valence-corrected chi connectivity index (χ2v) is 26.5. The van der Waals surface area contributed by atoms with E-state index < -0.39 is 40.0 Å². The van der Waals surface area contributed by atoms with Crippen molar-refractivity contribution in [3.63, 3.8) is 0 Å². The average molecular weight is 591 g/mol. The number of fused-ring (bicyclic) bond motifs is 5. The van der Waals surface area contributed by atoms with Crippen LogP contribution in [0.15, 0.2) is 23.3 Å². The molecule has 0 bridgehead atoms. The van der Waals surface area contributed by atoms with Gasteiger partial charge in [0.25, 0.3) is 0 Å². The Bertz CT molecular complexity index is 1080. The van der Waals surface area contributed by atoms with Crippen LogP contribution in [-0.4, -0.2) is 57.0 Å². The fourth-order valence-corrected chi connectivity index (χ4v) is 10.8. The lowest BCUT2D eigenvalue weighted by Crippen LogP contribution is -2.60. The molecule has 0 amide bonds. The molecule has 40 heavy (non-hydrogen) atoms. The number of rotatable bonds is 6. The highest BCUT2D eigenvalue weighted by atomic mass is 28.4. The summed E-state index contributed by atoms with van der Waals surface area (Å²) >= 11 is 0. The number of carbonyl (C=O) groups excluding carboxylic acids is 1. The monoisotopic (exact) mass is 590 g/mol. The predicted molar refractivity (Wildman–Crippen MR) is 168 cm³/mol. The number of hydrogen-bond donors (Lipinski definition) is 2. The molecule has 7 atom stereocenters. The second kappa shape index (κ2) is 9.98. The van der Waals surface area contributed by atoms with Crippen LogP contribution in [0.25, 0.3) is 0 Å². The lowest BCUT2D eigenvalue weighted by Gasteiger charge is -2.59. The topological polar surface area (TPSA) is 76.0 Å². The minimum Gasteiger partial charge on any atom is -0.414 e. The Kier molecular flexibility index (Phi) is 8.07. The van der Waals surface area contributed by atoms with Gasteiger partial charge in [0.1, 0.15) is 12.2 Å². The third-order valence-corrected chi connectivity index (χ3v) is 21.9. The molecular weight excluding hydrogens is 533 g/mol. The van der Waals surface area contributed by atoms with Crippen molar-refractivity contribution in [3.8, 4) is 0 Å². The van der Waals surface area contributed by atoms with Crippen LogP contribution in [0.3, 0.4) is 0 Å². The van der Waals surface area contributed by atoms with Crippen molar-refractivity contribution in [1.29, 1.82) is 0 Å². The van der Waals surface area contributed by atoms with E-state index in [9.17, 15) is 15.0 Å². The molecule has 228 valence electrons. The minimum absolute atomic E-state index is 0.0561. The van der Waals surface area contributed by atoms with E-state index in [0.29, 0.717) is 12.3 Å². The number of ketones is 1. The maximum absolute atomic E-state index is 12.8. The van der Waals surface area contributed by atoms with Gasteiger partial charge in [-0.15, -0.1) is 0 Å². The lowest BCUT2D eigenvalue weighted by molar-refractivity contribution is -0.156. The van der Waals surface area contributed by atoms with Crippen LogP contribution in [0.2, 0.25) is 36.3 Å². The molecule has 0 radical (unpaired) electrons. The van der Waals surface area contributed by atoms with Crippen LogP contribution in [0, 0.1) is 22.7 Å². The molecule has 0 heterocycles. The molecule has 0 aromatic heterocycles. The summed E-state index contributed by atoms with van der Waals surface area (Å²) in [5.74, 6) is 0.0362. The van der Waals surface area contributed by atoms with Gasteiger partial charge in [0.15, 0.2) is 22.4 Å². The van der Waals surface area contributed by atoms with Gasteiger partial charge in [0, 0.05) is 10.8 Å². The van der Waals surface area contributed by atoms with E-state index in [2.05, 4.69) is 93.7 Å². The summed E-state index contributed by atoms with van der Waals surface area (Å²) in [4.78, 5) is 12.8. The molecule has 7 heteroatoms. The summed E-state index contributed by atoms with van der Waals surface area (Å²) in [7, 11) is -4.04. The molecule has 3 fully saturated rings. The normalized spacial score (nSPS) is 38.6. The molecule has 0 aromatic rings. The van der Waals surface area contributed by atoms with E-state index in [0.717, 1.165) is 32.1 Å². The first-order chi connectivity index (χ1) is 18.0. The maximum atomic E-state index is 12.8. The van der Waals surface area contributed by atoms with E-state index in [-0.39, 0.29) is 33.6 Å². The summed E-state index contributed by atoms with van der Waals surface area (Å²) < 4.78 is 14.5. The summed E-state index contributed by atoms with van der Waals surface area (Å²) in [5, 5.41) is 21.6. The van der Waals surface area contributed by atoms with Crippen LogP contribution in [0.5, 0.6) is 0 Å². The van der Waals surface area contributed by atoms with E-state index in [4.69, 9.17) is 8.85 Å². The predicted octanol–water partition coefficient (Wildman–Crippen LogP) is 7.55. The number of carbonyl (C=O) groups is 1. The van der Waals surface area contributed by atoms with Crippen molar-refractivity contribution < 1.29 is 23.9 Å². The van der Waals surface area contributed by atoms with E-state index in [1.165, 1.54) is 11.1 Å². The molecule has 0 saturated heterocycles. The Morgan fingerprint density at radius 2 is 1.48 bits per heavy atom. The van der Waals surface area contributed by atoms with Crippen LogP contribution in [0.1, 0.15) is 93.9 Å². The largest absolute Gasteiger partial charge is 0.414 e. The van der Waals surface area contributed by atoms with Gasteiger partial charge in [-0.05, 0) is 86.6 Å². The van der Waals surface area contributed by atoms with Crippen molar-refractivity contribution in [2.45, 2.75) is 148 Å². The van der Waals surface area contributed by atoms with Gasteiger partial charge < -0.3 is 19.1 Å². The number of aliphatic hydroxyl groups is 2. The third kappa shape index (κ3) is 4.83. The summed E-state index contributed by atoms with van der Waals surface area (Å²) in [5.41, 5.74) is 0.692. The van der Waals surface area contributed by atoms with Gasteiger partial charge in [-0.2, -0.15) is 0 Å². The van der Waals surface area contributed by atoms with Gasteiger partial charge in [0.05, 0.1) is 12.2 Å². The van der Waals surface area contributed by atoms with Crippen LogP contribution in [0.4, 0.5) is 0 Å². The maximum Gasteiger partial charge on any atom is 0.192 e. The first-order valence-corrected chi connectivity index (χ1v) is 21.5. The molecule has 2 N–H and O–H groups in total. The van der Waals surface area contributed by atoms with E-state index in [1.807, 2.05) is 0 Å². The number of allylic oxidation sites excluding steroid dienone is 3. The highest BCUT2D eigenvalue weighted by Gasteiger charge is 2.66. The zero-order valence-corrected chi connectivity index (χ0v) is 29.5. The standard InChI is InChI=1S/C33H58O5Si2/c1-29(2,3)39(9,10)37-23-19-22-13-14-24-25-16-18-33(36,27(35)21-34)31(25,7)17-15-26(24)32(22,8)28(20-23)38-40(11,12)30(4,5)6/h13-14,23,25-26,28,34,36H,15-21H2,1-12H3/t23?,25-,26-,28?,31-,32-,33-/m0/s1. The summed E-state index contributed by atoms with van der Waals surface area (Å²) in [6.45, 7) is 27.3. The Hall–Kier alpha value is -0.576. The van der Waals surface area contributed by atoms with Crippen molar-refractivity contribution >= 4 is 22.4 Å². The molecule has 0 aliphatic heterocycles. The lowest BCUT2D eigenvalue weighted by atomic mass is 9.49. The zero-order valence-electron chi connectivity index (χ0n) is 27.5. The third-order valence-electron chi connectivity index (χ3n) is 12.9. The smallest absolute Gasteiger partial charge is 0.192 e. The van der Waals surface area contributed by atoms with Crippen molar-refractivity contribution in [2.75, 3.05) is 6.61 Å². The number of Topliss-reactive ketones (excluding diaryl/α,β-unsaturated/α-hetero) is 1. The molecule has 4 rings (SSSR count). The first-order valence-electron chi connectivity index (χ1n) is 15.7. The van der Waals surface area contributed by atoms with Crippen molar-refractivity contribution in [1.82, 2.24) is 0 Å². The fraction of sp³-hybridized carbons (Fsp3) is 0.848. The van der Waals surface area contributed by atoms with Gasteiger partial charge >= 0.3 is 0 Å². The molecule has 4 aliphatic rings. The Labute approximate surface area is 246 Å². The fourth-order valence-electron chi connectivity index (χ4n) is 8.00. The molecule has 5 nitrogen and oxygen atoms in total. The Morgan fingerprint density at radius 1 is 0.925 bits per heavy atom. The van der Waals surface area contributed by atoms with Gasteiger partial charge in [-0.25, -0.2) is 0 Å². The van der Waals surface area contributed by atoms with Crippen LogP contribution in [-0.2, 0) is 13.6 Å². The molecule has 0 spiro atoms. The molecular formula is C33H58O5Si2. The zero-order chi connectivity index (χ0) is 30.3. The van der Waals surface area contributed by atoms with Crippen LogP contribution >= 0.6 is 0 Å². The highest BCUT2D eigenvalue weighted by molar-refractivity contribution is 6.74. The molecule has 3 saturated carbocycles. The van der Waals surface area contributed by atoms with E-state index >= 15 is 0 Å².